The number of nitrogens with zero attached hydrogens (tertiary/aromatic N) is 1. The van der Waals surface area contributed by atoms with Gasteiger partial charge in [0.1, 0.15) is 11.5 Å². The smallest absolute Gasteiger partial charge is 0.335 e. The van der Waals surface area contributed by atoms with Crippen molar-refractivity contribution in [3.63, 3.8) is 0 Å². The number of carbonyl (C=O) groups is 1. The van der Waals surface area contributed by atoms with Crippen LogP contribution in [-0.2, 0) is 0 Å². The molecule has 116 valence electrons. The summed E-state index contributed by atoms with van der Waals surface area (Å²) < 4.78 is 6.70. The molecule has 0 unspecified atom stereocenters. The molecule has 0 aliphatic rings. The van der Waals surface area contributed by atoms with E-state index in [9.17, 15) is 9.59 Å². The van der Waals surface area contributed by atoms with Crippen molar-refractivity contribution in [3.05, 3.63) is 74.4 Å². The normalized spacial score (nSPS) is 11.8. The van der Waals surface area contributed by atoms with Gasteiger partial charge in [-0.15, -0.1) is 0 Å². The Labute approximate surface area is 130 Å². The zero-order valence-corrected chi connectivity index (χ0v) is 12.4. The first-order valence-corrected chi connectivity index (χ1v) is 6.87. The first-order valence-electron chi connectivity index (χ1n) is 6.87. The van der Waals surface area contributed by atoms with Crippen LogP contribution in [0.3, 0.4) is 0 Å². The number of hydrogen-bond acceptors (Lipinski definition) is 3. The van der Waals surface area contributed by atoms with Gasteiger partial charge in [0.05, 0.1) is 21.8 Å². The van der Waals surface area contributed by atoms with Crippen LogP contribution in [0, 0.1) is 6.92 Å². The van der Waals surface area contributed by atoms with E-state index < -0.39 is 5.97 Å². The van der Waals surface area contributed by atoms with Crippen molar-refractivity contribution in [1.29, 1.82) is 0 Å². The number of benzene rings is 1. The van der Waals surface area contributed by atoms with E-state index in [2.05, 4.69) is 11.7 Å². The topological polar surface area (TPSA) is 88.2 Å². The fraction of sp³-hybridized carbons (Fsp3) is 0.0588. The first kappa shape index (κ1) is 14.6. The van der Waals surface area contributed by atoms with E-state index in [1.165, 1.54) is 16.8 Å². The Bertz CT molecular complexity index is 1050. The van der Waals surface area contributed by atoms with E-state index in [4.69, 9.17) is 9.52 Å². The Hall–Kier alpha value is -3.28. The fourth-order valence-electron chi connectivity index (χ4n) is 2.28. The molecule has 0 fully saturated rings. The van der Waals surface area contributed by atoms with Gasteiger partial charge in [-0.2, -0.15) is 0 Å². The summed E-state index contributed by atoms with van der Waals surface area (Å²) >= 11 is 0. The molecule has 0 aliphatic heterocycles. The first-order chi connectivity index (χ1) is 11.0. The lowest BCUT2D eigenvalue weighted by molar-refractivity contribution is 0.0697. The molecule has 0 atom stereocenters. The van der Waals surface area contributed by atoms with Gasteiger partial charge in [0, 0.05) is 0 Å². The van der Waals surface area contributed by atoms with Gasteiger partial charge in [0.15, 0.2) is 0 Å². The monoisotopic (exact) mass is 310 g/mol. The summed E-state index contributed by atoms with van der Waals surface area (Å²) in [6.45, 7) is 5.64. The summed E-state index contributed by atoms with van der Waals surface area (Å²) in [4.78, 5) is 23.6. The third-order valence-corrected chi connectivity index (χ3v) is 3.40. The highest BCUT2D eigenvalue weighted by Crippen LogP contribution is 2.08. The van der Waals surface area contributed by atoms with Gasteiger partial charge in [-0.05, 0) is 43.3 Å². The number of carboxylic acids is 1. The standard InChI is InChI=1S/C17H14N2O4/c1-10-6-7-14(23-10)9-15-11(2)18-19(16(15)20)13-5-3-4-12(8-13)17(21)22/h3-9,18H,2H2,1H3,(H,21,22)/b15-9+. The molecule has 3 aromatic rings. The molecule has 0 radical (unpaired) electrons. The fourth-order valence-corrected chi connectivity index (χ4v) is 2.28. The minimum absolute atomic E-state index is 0.0989. The highest BCUT2D eigenvalue weighted by Gasteiger charge is 2.08. The number of hydrogen-bond donors (Lipinski definition) is 2. The van der Waals surface area contributed by atoms with Gasteiger partial charge in [-0.3, -0.25) is 9.89 Å². The molecule has 6 heteroatoms. The van der Waals surface area contributed by atoms with Crippen LogP contribution >= 0.6 is 0 Å². The summed E-state index contributed by atoms with van der Waals surface area (Å²) in [5, 5.41) is 12.7. The summed E-state index contributed by atoms with van der Waals surface area (Å²) in [7, 11) is 0. The van der Waals surface area contributed by atoms with E-state index in [1.54, 1.807) is 30.3 Å². The van der Waals surface area contributed by atoms with Crippen molar-refractivity contribution >= 4 is 18.6 Å². The Morgan fingerprint density at radius 1 is 1.35 bits per heavy atom. The maximum atomic E-state index is 12.6. The van der Waals surface area contributed by atoms with E-state index >= 15 is 0 Å². The average Bonchev–Trinajstić information content (AvgIpc) is 3.05. The molecule has 0 saturated carbocycles. The Kier molecular flexibility index (Phi) is 3.50. The van der Waals surface area contributed by atoms with Gasteiger partial charge in [0.2, 0.25) is 0 Å². The lowest BCUT2D eigenvalue weighted by atomic mass is 10.2. The van der Waals surface area contributed by atoms with E-state index in [1.807, 2.05) is 6.92 Å². The average molecular weight is 310 g/mol. The summed E-state index contributed by atoms with van der Waals surface area (Å²) in [5.41, 5.74) is 0.198. The number of aryl methyl sites for hydroxylation is 1. The maximum absolute atomic E-state index is 12.6. The summed E-state index contributed by atoms with van der Waals surface area (Å²) in [6, 6.07) is 9.66. The zero-order chi connectivity index (χ0) is 16.6. The Balaban J connectivity index is 2.17. The molecular formula is C17H14N2O4. The number of H-pyrrole nitrogens is 1. The molecule has 6 nitrogen and oxygen atoms in total. The van der Waals surface area contributed by atoms with Gasteiger partial charge >= 0.3 is 5.97 Å². The molecule has 23 heavy (non-hydrogen) atoms. The maximum Gasteiger partial charge on any atom is 0.335 e. The molecule has 3 rings (SSSR count). The second kappa shape index (κ2) is 5.49. The highest BCUT2D eigenvalue weighted by atomic mass is 16.4. The van der Waals surface area contributed by atoms with Gasteiger partial charge in [-0.25, -0.2) is 9.48 Å². The van der Waals surface area contributed by atoms with Crippen LogP contribution in [0.5, 0.6) is 0 Å². The van der Waals surface area contributed by atoms with Crippen molar-refractivity contribution < 1.29 is 14.3 Å². The quantitative estimate of drug-likeness (QED) is 0.755. The van der Waals surface area contributed by atoms with Crippen molar-refractivity contribution in [2.75, 3.05) is 0 Å². The molecule has 0 spiro atoms. The third-order valence-electron chi connectivity index (χ3n) is 3.40. The molecule has 2 N–H and O–H groups in total. The number of nitrogens with one attached hydrogen (secondary N) is 1. The van der Waals surface area contributed by atoms with Gasteiger partial charge < -0.3 is 9.52 Å². The van der Waals surface area contributed by atoms with Crippen LogP contribution < -0.4 is 16.1 Å². The van der Waals surface area contributed by atoms with Crippen molar-refractivity contribution in [2.45, 2.75) is 6.92 Å². The van der Waals surface area contributed by atoms with E-state index in [0.29, 0.717) is 22.0 Å². The SMILES string of the molecule is C=c1[nH]n(-c2cccc(C(=O)O)c2)c(=O)/c1=C/c1ccc(C)o1. The predicted molar refractivity (Wildman–Crippen MR) is 85.1 cm³/mol. The Morgan fingerprint density at radius 2 is 2.13 bits per heavy atom. The van der Waals surface area contributed by atoms with Crippen LogP contribution in [0.15, 0.2) is 45.6 Å². The molecule has 2 aromatic heterocycles. The number of rotatable bonds is 3. The van der Waals surface area contributed by atoms with E-state index in [-0.39, 0.29) is 11.1 Å². The molecule has 1 aromatic carbocycles. The number of aromatic nitrogens is 2. The van der Waals surface area contributed by atoms with Crippen molar-refractivity contribution in [2.24, 2.45) is 0 Å². The van der Waals surface area contributed by atoms with Crippen LogP contribution in [0.2, 0.25) is 0 Å². The molecule has 0 saturated heterocycles. The zero-order valence-electron chi connectivity index (χ0n) is 12.4. The largest absolute Gasteiger partial charge is 0.478 e. The van der Waals surface area contributed by atoms with Crippen LogP contribution in [0.4, 0.5) is 0 Å². The number of furan rings is 1. The lowest BCUT2D eigenvalue weighted by Crippen LogP contribution is -2.33. The molecular weight excluding hydrogens is 296 g/mol. The minimum Gasteiger partial charge on any atom is -0.478 e. The molecule has 0 bridgehead atoms. The van der Waals surface area contributed by atoms with Gasteiger partial charge in [-0.1, -0.05) is 12.6 Å². The van der Waals surface area contributed by atoms with Crippen molar-refractivity contribution in [1.82, 2.24) is 9.78 Å². The van der Waals surface area contributed by atoms with E-state index in [0.717, 1.165) is 5.76 Å². The van der Waals surface area contributed by atoms with Gasteiger partial charge in [0.25, 0.3) is 5.56 Å². The summed E-state index contributed by atoms with van der Waals surface area (Å²) in [6.07, 6.45) is 1.60. The number of aromatic carboxylic acids is 1. The molecule has 0 amide bonds. The Morgan fingerprint density at radius 3 is 2.78 bits per heavy atom. The predicted octanol–water partition coefficient (Wildman–Crippen LogP) is 1.00. The van der Waals surface area contributed by atoms with Crippen molar-refractivity contribution in [3.8, 4) is 5.69 Å². The molecule has 2 heterocycles. The van der Waals surface area contributed by atoms with Crippen LogP contribution in [-0.4, -0.2) is 20.9 Å². The second-order valence-corrected chi connectivity index (χ2v) is 5.09. The minimum atomic E-state index is -1.06. The van der Waals surface area contributed by atoms with Crippen LogP contribution in [0.1, 0.15) is 21.9 Å². The number of carboxylic acid groups (broad SMARTS) is 1. The second-order valence-electron chi connectivity index (χ2n) is 5.09. The number of aromatic amines is 1. The lowest BCUT2D eigenvalue weighted by Gasteiger charge is -2.02. The summed E-state index contributed by atoms with van der Waals surface area (Å²) in [5.74, 6) is 0.237. The van der Waals surface area contributed by atoms with Crippen LogP contribution in [0.25, 0.3) is 18.3 Å². The third kappa shape index (κ3) is 2.74. The molecule has 0 aliphatic carbocycles. The highest BCUT2D eigenvalue weighted by molar-refractivity contribution is 5.88.